The Labute approximate surface area is 189 Å². The molecular weight excluding hydrogens is 480 g/mol. The quantitative estimate of drug-likeness (QED) is 0.367. The fourth-order valence-corrected chi connectivity index (χ4v) is 3.97. The Hall–Kier alpha value is -1.90. The third-order valence-electron chi connectivity index (χ3n) is 5.92. The minimum absolute atomic E-state index is 0. The second-order valence-electron chi connectivity index (χ2n) is 7.81. The molecule has 0 amide bonds. The topological polar surface area (TPSA) is 52.6 Å². The number of anilines is 1. The largest absolute Gasteiger partial charge is 0.356 e. The van der Waals surface area contributed by atoms with Gasteiger partial charge >= 0.3 is 0 Å². The molecule has 1 aromatic heterocycles. The molecule has 5 nitrogen and oxygen atoms in total. The van der Waals surface area contributed by atoms with Gasteiger partial charge in [-0.1, -0.05) is 18.2 Å². The lowest BCUT2D eigenvalue weighted by Gasteiger charge is -2.34. The molecule has 29 heavy (non-hydrogen) atoms. The summed E-state index contributed by atoms with van der Waals surface area (Å²) in [5, 5.41) is 7.03. The first kappa shape index (κ1) is 21.8. The minimum atomic E-state index is -0.161. The third-order valence-corrected chi connectivity index (χ3v) is 5.92. The highest BCUT2D eigenvalue weighted by Crippen LogP contribution is 2.47. The Morgan fingerprint density at radius 2 is 2.00 bits per heavy atom. The van der Waals surface area contributed by atoms with Gasteiger partial charge in [0.2, 0.25) is 0 Å². The molecular formula is C22H29FIN5. The molecule has 1 aliphatic carbocycles. The molecule has 1 saturated heterocycles. The van der Waals surface area contributed by atoms with Crippen molar-refractivity contribution in [1.29, 1.82) is 0 Å². The Morgan fingerprint density at radius 3 is 2.62 bits per heavy atom. The number of aromatic nitrogens is 1. The maximum Gasteiger partial charge on any atom is 0.191 e. The summed E-state index contributed by atoms with van der Waals surface area (Å²) >= 11 is 0. The van der Waals surface area contributed by atoms with Crippen LogP contribution in [0.15, 0.2) is 53.7 Å². The summed E-state index contributed by atoms with van der Waals surface area (Å²) in [6.45, 7) is 2.75. The molecule has 2 N–H and O–H groups in total. The van der Waals surface area contributed by atoms with Crippen LogP contribution in [0.5, 0.6) is 0 Å². The summed E-state index contributed by atoms with van der Waals surface area (Å²) in [5.74, 6) is 1.72. The lowest BCUT2D eigenvalue weighted by molar-refractivity contribution is 0.458. The summed E-state index contributed by atoms with van der Waals surface area (Å²) in [4.78, 5) is 11.2. The van der Waals surface area contributed by atoms with Crippen LogP contribution in [0, 0.1) is 5.82 Å². The predicted octanol–water partition coefficient (Wildman–Crippen LogP) is 3.70. The molecule has 0 unspecified atom stereocenters. The van der Waals surface area contributed by atoms with E-state index in [1.165, 1.54) is 6.07 Å². The normalized spacial score (nSPS) is 18.7. The van der Waals surface area contributed by atoms with E-state index in [0.717, 1.165) is 62.7 Å². The summed E-state index contributed by atoms with van der Waals surface area (Å²) < 4.78 is 13.6. The van der Waals surface area contributed by atoms with Gasteiger partial charge in [-0.25, -0.2) is 9.37 Å². The van der Waals surface area contributed by atoms with Crippen molar-refractivity contribution in [2.45, 2.75) is 37.1 Å². The highest BCUT2D eigenvalue weighted by Gasteiger charge is 2.44. The van der Waals surface area contributed by atoms with Crippen molar-refractivity contribution in [3.63, 3.8) is 0 Å². The molecule has 0 atom stereocenters. The van der Waals surface area contributed by atoms with E-state index in [1.54, 1.807) is 19.2 Å². The van der Waals surface area contributed by atoms with E-state index < -0.39 is 0 Å². The molecule has 1 saturated carbocycles. The number of pyridine rings is 1. The van der Waals surface area contributed by atoms with E-state index in [1.807, 2.05) is 24.4 Å². The van der Waals surface area contributed by atoms with Crippen molar-refractivity contribution in [1.82, 2.24) is 15.6 Å². The van der Waals surface area contributed by atoms with Crippen LogP contribution >= 0.6 is 24.0 Å². The van der Waals surface area contributed by atoms with Crippen molar-refractivity contribution in [3.05, 3.63) is 60.0 Å². The first-order chi connectivity index (χ1) is 13.7. The zero-order valence-corrected chi connectivity index (χ0v) is 19.1. The second-order valence-corrected chi connectivity index (χ2v) is 7.81. The van der Waals surface area contributed by atoms with Gasteiger partial charge in [-0.05, 0) is 55.5 Å². The first-order valence-corrected chi connectivity index (χ1v) is 10.1. The van der Waals surface area contributed by atoms with Crippen LogP contribution in [0.25, 0.3) is 0 Å². The third kappa shape index (κ3) is 5.38. The van der Waals surface area contributed by atoms with Gasteiger partial charge in [0.1, 0.15) is 11.6 Å². The van der Waals surface area contributed by atoms with Gasteiger partial charge < -0.3 is 15.5 Å². The molecule has 1 aromatic carbocycles. The zero-order chi connectivity index (χ0) is 19.4. The van der Waals surface area contributed by atoms with Crippen LogP contribution < -0.4 is 15.5 Å². The van der Waals surface area contributed by atoms with E-state index in [0.29, 0.717) is 6.04 Å². The fourth-order valence-electron chi connectivity index (χ4n) is 3.97. The monoisotopic (exact) mass is 509 g/mol. The van der Waals surface area contributed by atoms with Crippen LogP contribution in [0.3, 0.4) is 0 Å². The standard InChI is InChI=1S/C22H28FN5.HI/c1-24-21(26-16-22(10-11-22)17-5-4-6-18(23)15-17)27-19-8-13-28(14-9-19)20-7-2-3-12-25-20;/h2-7,12,15,19H,8-11,13-14,16H2,1H3,(H2,24,26,27);1H. The van der Waals surface area contributed by atoms with Crippen molar-refractivity contribution in [3.8, 4) is 0 Å². The van der Waals surface area contributed by atoms with Gasteiger partial charge in [-0.2, -0.15) is 0 Å². The molecule has 7 heteroatoms. The Morgan fingerprint density at radius 1 is 1.21 bits per heavy atom. The van der Waals surface area contributed by atoms with E-state index in [-0.39, 0.29) is 35.2 Å². The summed E-state index contributed by atoms with van der Waals surface area (Å²) in [6.07, 6.45) is 6.11. The van der Waals surface area contributed by atoms with Gasteiger partial charge in [0.15, 0.2) is 5.96 Å². The Kier molecular flexibility index (Phi) is 7.32. The van der Waals surface area contributed by atoms with Crippen LogP contribution in [-0.4, -0.2) is 43.7 Å². The molecule has 0 bridgehead atoms. The number of nitrogens with zero attached hydrogens (tertiary/aromatic N) is 3. The molecule has 2 heterocycles. The number of guanidine groups is 1. The van der Waals surface area contributed by atoms with E-state index in [4.69, 9.17) is 0 Å². The molecule has 0 spiro atoms. The highest BCUT2D eigenvalue weighted by atomic mass is 127. The maximum atomic E-state index is 13.6. The average Bonchev–Trinajstić information content (AvgIpc) is 3.53. The first-order valence-electron chi connectivity index (χ1n) is 10.1. The van der Waals surface area contributed by atoms with Gasteiger partial charge in [0.05, 0.1) is 0 Å². The molecule has 4 rings (SSSR count). The molecule has 2 fully saturated rings. The van der Waals surface area contributed by atoms with Crippen LogP contribution in [-0.2, 0) is 5.41 Å². The van der Waals surface area contributed by atoms with Crippen LogP contribution in [0.4, 0.5) is 10.2 Å². The smallest absolute Gasteiger partial charge is 0.191 e. The van der Waals surface area contributed by atoms with Crippen molar-refractivity contribution >= 4 is 35.8 Å². The lowest BCUT2D eigenvalue weighted by Crippen LogP contribution is -2.50. The SMILES string of the molecule is CN=C(NCC1(c2cccc(F)c2)CC1)NC1CCN(c2ccccn2)CC1.I. The van der Waals surface area contributed by atoms with Gasteiger partial charge in [-0.15, -0.1) is 24.0 Å². The van der Waals surface area contributed by atoms with Crippen LogP contribution in [0.1, 0.15) is 31.2 Å². The number of hydrogen-bond donors (Lipinski definition) is 2. The van der Waals surface area contributed by atoms with Gasteiger partial charge in [-0.3, -0.25) is 4.99 Å². The predicted molar refractivity (Wildman–Crippen MR) is 127 cm³/mol. The average molecular weight is 509 g/mol. The second kappa shape index (κ2) is 9.73. The maximum absolute atomic E-state index is 13.6. The van der Waals surface area contributed by atoms with E-state index in [9.17, 15) is 4.39 Å². The van der Waals surface area contributed by atoms with Gasteiger partial charge in [0, 0.05) is 44.3 Å². The molecule has 1 aliphatic heterocycles. The molecule has 2 aromatic rings. The number of benzene rings is 1. The lowest BCUT2D eigenvalue weighted by atomic mass is 9.96. The van der Waals surface area contributed by atoms with Gasteiger partial charge in [0.25, 0.3) is 0 Å². The van der Waals surface area contributed by atoms with E-state index >= 15 is 0 Å². The number of hydrogen-bond acceptors (Lipinski definition) is 3. The number of nitrogens with one attached hydrogen (secondary N) is 2. The minimum Gasteiger partial charge on any atom is -0.356 e. The van der Waals surface area contributed by atoms with Crippen molar-refractivity contribution in [2.75, 3.05) is 31.6 Å². The van der Waals surface area contributed by atoms with E-state index in [2.05, 4.69) is 31.6 Å². The highest BCUT2D eigenvalue weighted by molar-refractivity contribution is 14.0. The van der Waals surface area contributed by atoms with Crippen molar-refractivity contribution in [2.24, 2.45) is 4.99 Å². The summed E-state index contributed by atoms with van der Waals surface area (Å²) in [5.41, 5.74) is 1.13. The zero-order valence-electron chi connectivity index (χ0n) is 16.8. The number of piperidine rings is 1. The number of halogens is 2. The number of aliphatic imine (C=N–C) groups is 1. The van der Waals surface area contributed by atoms with Crippen molar-refractivity contribution < 1.29 is 4.39 Å². The number of rotatable bonds is 5. The van der Waals surface area contributed by atoms with Crippen LogP contribution in [0.2, 0.25) is 0 Å². The molecule has 0 radical (unpaired) electrons. The Balaban J connectivity index is 0.00000240. The molecule has 156 valence electrons. The fraction of sp³-hybridized carbons (Fsp3) is 0.455. The summed E-state index contributed by atoms with van der Waals surface area (Å²) in [7, 11) is 1.81. The Bertz CT molecular complexity index is 817. The molecule has 2 aliphatic rings. The summed E-state index contributed by atoms with van der Waals surface area (Å²) in [6, 6.07) is 13.4.